The van der Waals surface area contributed by atoms with Gasteiger partial charge in [0.25, 0.3) is 5.91 Å². The van der Waals surface area contributed by atoms with Gasteiger partial charge in [-0.25, -0.2) is 4.39 Å². The average Bonchev–Trinajstić information content (AvgIpc) is 3.57. The molecule has 2 amide bonds. The third-order valence-corrected chi connectivity index (χ3v) is 10.5. The Morgan fingerprint density at radius 2 is 1.73 bits per heavy atom. The summed E-state index contributed by atoms with van der Waals surface area (Å²) in [5.41, 5.74) is -2.97. The van der Waals surface area contributed by atoms with E-state index in [-0.39, 0.29) is 75.9 Å². The molecule has 3 atom stereocenters. The molecule has 2 aliphatic carbocycles. The largest absolute Gasteiger partial charge is 0.459 e. The van der Waals surface area contributed by atoms with E-state index in [1.54, 1.807) is 66.9 Å². The fourth-order valence-electron chi connectivity index (χ4n) is 7.07. The van der Waals surface area contributed by atoms with E-state index in [1.807, 2.05) is 12.2 Å². The number of hydrogen-bond acceptors (Lipinski definition) is 6. The highest BCUT2D eigenvalue weighted by molar-refractivity contribution is 9.10. The molecule has 49 heavy (non-hydrogen) atoms. The minimum absolute atomic E-state index is 0.0342. The normalized spacial score (nSPS) is 23.9. The summed E-state index contributed by atoms with van der Waals surface area (Å²) in [6, 6.07) is 4.86. The number of esters is 1. The first-order valence-corrected chi connectivity index (χ1v) is 17.1. The van der Waals surface area contributed by atoms with E-state index in [0.717, 1.165) is 0 Å². The summed E-state index contributed by atoms with van der Waals surface area (Å²) in [5, 5.41) is 4.39. The molecule has 1 spiro atoms. The number of carbonyl (C=O) groups excluding carboxylic acids is 3. The summed E-state index contributed by atoms with van der Waals surface area (Å²) in [5.74, 6) is -3.10. The van der Waals surface area contributed by atoms with E-state index in [4.69, 9.17) is 9.47 Å². The molecule has 4 aliphatic rings. The topological polar surface area (TPSA) is 94.0 Å². The fraction of sp³-hybridized carbons (Fsp3) is 0.543. The molecule has 9 nitrogen and oxygen atoms in total. The Hall–Kier alpha value is -3.52. The zero-order chi connectivity index (χ0) is 35.4. The van der Waals surface area contributed by atoms with Gasteiger partial charge in [-0.05, 0) is 55.6 Å². The van der Waals surface area contributed by atoms with E-state index in [1.165, 1.54) is 11.1 Å². The molecule has 0 radical (unpaired) electrons. The fourth-order valence-corrected chi connectivity index (χ4v) is 7.48. The van der Waals surface area contributed by atoms with Crippen molar-refractivity contribution in [3.05, 3.63) is 76.3 Å². The lowest BCUT2D eigenvalue weighted by molar-refractivity contribution is -0.205. The standard InChI is InChI=1S/C35H39BrF4N4O5/c1-32(2,3)49-30(46)26-9-5-4-7-22(26)14-44-15-24(13-41-44)29(45)42-16-25(18-48-17-23-8-6-10-27(36)28(23)37)33(19-42)20-43(21-33)31(47)34(11-12-34)35(38,39)40/h4-10,13,15,22,25-26H,11-12,14,16-21H2,1-3H3. The highest BCUT2D eigenvalue weighted by Gasteiger charge is 2.71. The van der Waals surface area contributed by atoms with E-state index >= 15 is 0 Å². The van der Waals surface area contributed by atoms with Crippen LogP contribution in [0.2, 0.25) is 0 Å². The van der Waals surface area contributed by atoms with Crippen LogP contribution >= 0.6 is 15.9 Å². The first-order valence-electron chi connectivity index (χ1n) is 16.3. The number of halogens is 5. The van der Waals surface area contributed by atoms with Gasteiger partial charge in [-0.3, -0.25) is 19.1 Å². The number of hydrogen-bond donors (Lipinski definition) is 0. The average molecular weight is 752 g/mol. The molecule has 2 aromatic rings. The van der Waals surface area contributed by atoms with Crippen molar-refractivity contribution < 1.29 is 41.4 Å². The molecule has 1 aromatic carbocycles. The third-order valence-electron chi connectivity index (χ3n) is 9.91. The summed E-state index contributed by atoms with van der Waals surface area (Å²) in [6.45, 7) is 6.43. The smallest absolute Gasteiger partial charge is 0.403 e. The SMILES string of the molecule is CC(C)(C)OC(=O)C1C=CC=CC1Cn1cc(C(=O)N2CC(COCc3cccc(Br)c3F)C3(C2)CN(C(=O)C2(C(F)(F)F)CC2)C3)cn1. The Kier molecular flexibility index (Phi) is 9.36. The van der Waals surface area contributed by atoms with Crippen molar-refractivity contribution in [2.45, 2.75) is 58.5 Å². The molecule has 264 valence electrons. The number of alkyl halides is 3. The van der Waals surface area contributed by atoms with Crippen molar-refractivity contribution in [1.82, 2.24) is 19.6 Å². The molecule has 2 saturated heterocycles. The maximum Gasteiger partial charge on any atom is 0.403 e. The van der Waals surface area contributed by atoms with Crippen LogP contribution in [0.5, 0.6) is 0 Å². The Morgan fingerprint density at radius 3 is 2.41 bits per heavy atom. The summed E-state index contributed by atoms with van der Waals surface area (Å²) < 4.78 is 69.2. The molecule has 0 N–H and O–H groups in total. The molecule has 14 heteroatoms. The van der Waals surface area contributed by atoms with Crippen LogP contribution in [0.25, 0.3) is 0 Å². The summed E-state index contributed by atoms with van der Waals surface area (Å²) in [7, 11) is 0. The summed E-state index contributed by atoms with van der Waals surface area (Å²) in [6.07, 6.45) is 5.36. The zero-order valence-electron chi connectivity index (χ0n) is 27.5. The Morgan fingerprint density at radius 1 is 1.04 bits per heavy atom. The van der Waals surface area contributed by atoms with Gasteiger partial charge in [-0.15, -0.1) is 0 Å². The van der Waals surface area contributed by atoms with Gasteiger partial charge in [0, 0.05) is 61.7 Å². The number of carbonyl (C=O) groups is 3. The van der Waals surface area contributed by atoms with Gasteiger partial charge in [-0.1, -0.05) is 36.4 Å². The second kappa shape index (κ2) is 13.0. The van der Waals surface area contributed by atoms with E-state index < -0.39 is 40.2 Å². The Bertz CT molecular complexity index is 1670. The molecule has 1 saturated carbocycles. The van der Waals surface area contributed by atoms with Crippen molar-refractivity contribution in [2.75, 3.05) is 32.8 Å². The van der Waals surface area contributed by atoms with E-state index in [2.05, 4.69) is 21.0 Å². The maximum absolute atomic E-state index is 14.6. The van der Waals surface area contributed by atoms with Gasteiger partial charge >= 0.3 is 12.1 Å². The Labute approximate surface area is 290 Å². The minimum Gasteiger partial charge on any atom is -0.459 e. The predicted octanol–water partition coefficient (Wildman–Crippen LogP) is 5.94. The lowest BCUT2D eigenvalue weighted by Gasteiger charge is -2.51. The second-order valence-corrected chi connectivity index (χ2v) is 15.5. The molecule has 3 fully saturated rings. The number of amides is 2. The molecule has 0 bridgehead atoms. The minimum atomic E-state index is -4.61. The van der Waals surface area contributed by atoms with Crippen LogP contribution in [0.3, 0.4) is 0 Å². The number of ether oxygens (including phenoxy) is 2. The first-order chi connectivity index (χ1) is 23.0. The van der Waals surface area contributed by atoms with Crippen LogP contribution in [0.4, 0.5) is 17.6 Å². The van der Waals surface area contributed by atoms with Gasteiger partial charge in [-0.2, -0.15) is 18.3 Å². The van der Waals surface area contributed by atoms with Gasteiger partial charge in [0.1, 0.15) is 16.8 Å². The van der Waals surface area contributed by atoms with E-state index in [0.29, 0.717) is 22.1 Å². The first kappa shape index (κ1) is 35.3. The molecule has 3 heterocycles. The molecular formula is C35H39BrF4N4O5. The number of benzene rings is 1. The molecular weight excluding hydrogens is 712 g/mol. The van der Waals surface area contributed by atoms with Crippen LogP contribution < -0.4 is 0 Å². The molecule has 1 aromatic heterocycles. The number of nitrogens with zero attached hydrogens (tertiary/aromatic N) is 4. The summed E-state index contributed by atoms with van der Waals surface area (Å²) >= 11 is 3.17. The predicted molar refractivity (Wildman–Crippen MR) is 173 cm³/mol. The maximum atomic E-state index is 14.6. The summed E-state index contributed by atoms with van der Waals surface area (Å²) in [4.78, 5) is 42.6. The molecule has 2 aliphatic heterocycles. The highest BCUT2D eigenvalue weighted by atomic mass is 79.9. The van der Waals surface area contributed by atoms with Crippen LogP contribution in [-0.4, -0.2) is 81.9 Å². The third kappa shape index (κ3) is 7.08. The highest BCUT2D eigenvalue weighted by Crippen LogP contribution is 2.60. The lowest BCUT2D eigenvalue weighted by atomic mass is 9.71. The zero-order valence-corrected chi connectivity index (χ0v) is 29.1. The monoisotopic (exact) mass is 750 g/mol. The Balaban J connectivity index is 1.14. The number of likely N-dealkylation sites (tertiary alicyclic amines) is 2. The van der Waals surface area contributed by atoms with Gasteiger partial charge in [0.2, 0.25) is 5.91 Å². The second-order valence-electron chi connectivity index (χ2n) is 14.7. The van der Waals surface area contributed by atoms with Crippen LogP contribution in [0, 0.1) is 34.4 Å². The van der Waals surface area contributed by atoms with Gasteiger partial charge < -0.3 is 19.3 Å². The number of allylic oxidation sites excluding steroid dienone is 3. The number of aromatic nitrogens is 2. The van der Waals surface area contributed by atoms with Crippen molar-refractivity contribution in [2.24, 2.45) is 28.6 Å². The van der Waals surface area contributed by atoms with Crippen LogP contribution in [-0.2, 0) is 32.2 Å². The van der Waals surface area contributed by atoms with Gasteiger partial charge in [0.15, 0.2) is 0 Å². The van der Waals surface area contributed by atoms with Crippen molar-refractivity contribution in [1.29, 1.82) is 0 Å². The van der Waals surface area contributed by atoms with Crippen molar-refractivity contribution in [3.63, 3.8) is 0 Å². The van der Waals surface area contributed by atoms with E-state index in [9.17, 15) is 31.9 Å². The number of rotatable bonds is 9. The van der Waals surface area contributed by atoms with Crippen LogP contribution in [0.15, 0.2) is 59.4 Å². The quantitative estimate of drug-likeness (QED) is 0.233. The van der Waals surface area contributed by atoms with Crippen molar-refractivity contribution in [3.8, 4) is 0 Å². The molecule has 6 rings (SSSR count). The molecule has 3 unspecified atom stereocenters. The van der Waals surface area contributed by atoms with Gasteiger partial charge in [0.05, 0.1) is 35.4 Å². The van der Waals surface area contributed by atoms with Crippen LogP contribution in [0.1, 0.15) is 49.5 Å². The lowest BCUT2D eigenvalue weighted by Crippen LogP contribution is -2.65. The van der Waals surface area contributed by atoms with Crippen molar-refractivity contribution >= 4 is 33.7 Å².